The fraction of sp³-hybridized carbons (Fsp3) is 0.222. The predicted octanol–water partition coefficient (Wildman–Crippen LogP) is 1.67. The van der Waals surface area contributed by atoms with Crippen LogP contribution >= 0.6 is 0 Å². The van der Waals surface area contributed by atoms with E-state index in [0.717, 1.165) is 0 Å². The fourth-order valence-corrected chi connectivity index (χ4v) is 1.08. The van der Waals surface area contributed by atoms with Gasteiger partial charge in [-0.05, 0) is 6.07 Å². The van der Waals surface area contributed by atoms with Gasteiger partial charge in [-0.1, -0.05) is 0 Å². The number of benzene rings is 1. The Morgan fingerprint density at radius 3 is 2.86 bits per heavy atom. The molecule has 0 unspecified atom stereocenters. The largest absolute Gasteiger partial charge is 0.496 e. The van der Waals surface area contributed by atoms with Crippen LogP contribution in [0.15, 0.2) is 18.2 Å². The summed E-state index contributed by atoms with van der Waals surface area (Å²) in [6, 6.07) is 6.15. The van der Waals surface area contributed by atoms with Crippen LogP contribution < -0.4 is 4.74 Å². The molecule has 0 spiro atoms. The van der Waals surface area contributed by atoms with E-state index in [2.05, 4.69) is 0 Å². The minimum Gasteiger partial charge on any atom is -0.496 e. The molecule has 0 amide bonds. The summed E-state index contributed by atoms with van der Waals surface area (Å²) in [7, 11) is 1.42. The van der Waals surface area contributed by atoms with E-state index in [9.17, 15) is 10.1 Å². The number of hydrogen-bond donors (Lipinski definition) is 0. The van der Waals surface area contributed by atoms with Crippen LogP contribution in [0.2, 0.25) is 0 Å². The van der Waals surface area contributed by atoms with Crippen LogP contribution in [-0.4, -0.2) is 12.0 Å². The molecule has 0 saturated heterocycles. The van der Waals surface area contributed by atoms with Crippen LogP contribution in [0.25, 0.3) is 0 Å². The van der Waals surface area contributed by atoms with Crippen LogP contribution in [0.1, 0.15) is 5.56 Å². The molecular formula is C9H8N2O3. The van der Waals surface area contributed by atoms with E-state index in [1.165, 1.54) is 25.3 Å². The van der Waals surface area contributed by atoms with E-state index in [1.54, 1.807) is 0 Å². The molecule has 5 nitrogen and oxygen atoms in total. The molecule has 14 heavy (non-hydrogen) atoms. The summed E-state index contributed by atoms with van der Waals surface area (Å²) in [5.74, 6) is 0.376. The third-order valence-corrected chi connectivity index (χ3v) is 1.75. The zero-order valence-electron chi connectivity index (χ0n) is 7.56. The van der Waals surface area contributed by atoms with Crippen molar-refractivity contribution in [1.82, 2.24) is 0 Å². The van der Waals surface area contributed by atoms with Gasteiger partial charge in [-0.3, -0.25) is 10.1 Å². The van der Waals surface area contributed by atoms with Crippen molar-refractivity contribution in [3.05, 3.63) is 33.9 Å². The fourth-order valence-electron chi connectivity index (χ4n) is 1.08. The Balaban J connectivity index is 3.12. The first-order chi connectivity index (χ1) is 6.69. The van der Waals surface area contributed by atoms with Crippen LogP contribution in [0.5, 0.6) is 5.75 Å². The molecule has 0 aliphatic carbocycles. The van der Waals surface area contributed by atoms with Crippen LogP contribution in [0, 0.1) is 21.4 Å². The molecule has 0 bridgehead atoms. The summed E-state index contributed by atoms with van der Waals surface area (Å²) in [6.07, 6.45) is 0.182. The Kier molecular flexibility index (Phi) is 3.02. The first-order valence-corrected chi connectivity index (χ1v) is 3.87. The molecule has 0 N–H and O–H groups in total. The maximum atomic E-state index is 10.4. The van der Waals surface area contributed by atoms with Crippen molar-refractivity contribution < 1.29 is 9.66 Å². The van der Waals surface area contributed by atoms with Gasteiger partial charge in [0.15, 0.2) is 0 Å². The molecule has 0 saturated carbocycles. The van der Waals surface area contributed by atoms with Crippen molar-refractivity contribution in [2.75, 3.05) is 7.11 Å². The first-order valence-electron chi connectivity index (χ1n) is 3.87. The predicted molar refractivity (Wildman–Crippen MR) is 49.0 cm³/mol. The summed E-state index contributed by atoms with van der Waals surface area (Å²) < 4.78 is 4.93. The van der Waals surface area contributed by atoms with Crippen molar-refractivity contribution in [3.8, 4) is 11.8 Å². The third kappa shape index (κ3) is 1.98. The Morgan fingerprint density at radius 2 is 2.36 bits per heavy atom. The second-order valence-corrected chi connectivity index (χ2v) is 2.59. The second kappa shape index (κ2) is 4.23. The highest BCUT2D eigenvalue weighted by molar-refractivity contribution is 5.45. The second-order valence-electron chi connectivity index (χ2n) is 2.59. The van der Waals surface area contributed by atoms with E-state index in [-0.39, 0.29) is 12.1 Å². The summed E-state index contributed by atoms with van der Waals surface area (Å²) in [6.45, 7) is 0. The SMILES string of the molecule is COc1cc([N+](=O)[O-])ccc1CC#N. The van der Waals surface area contributed by atoms with E-state index in [4.69, 9.17) is 10.00 Å². The Hall–Kier alpha value is -2.09. The van der Waals surface area contributed by atoms with Gasteiger partial charge in [0.05, 0.1) is 30.6 Å². The van der Waals surface area contributed by atoms with Gasteiger partial charge in [-0.2, -0.15) is 5.26 Å². The van der Waals surface area contributed by atoms with E-state index >= 15 is 0 Å². The monoisotopic (exact) mass is 192 g/mol. The molecular weight excluding hydrogens is 184 g/mol. The lowest BCUT2D eigenvalue weighted by Gasteiger charge is -2.04. The minimum absolute atomic E-state index is 0.0384. The maximum absolute atomic E-state index is 10.4. The lowest BCUT2D eigenvalue weighted by molar-refractivity contribution is -0.384. The number of ether oxygens (including phenoxy) is 1. The minimum atomic E-state index is -0.501. The summed E-state index contributed by atoms with van der Waals surface area (Å²) >= 11 is 0. The van der Waals surface area contributed by atoms with Crippen molar-refractivity contribution in [3.63, 3.8) is 0 Å². The van der Waals surface area contributed by atoms with Crippen molar-refractivity contribution in [1.29, 1.82) is 5.26 Å². The molecule has 1 aromatic rings. The van der Waals surface area contributed by atoms with Crippen LogP contribution in [0.3, 0.4) is 0 Å². The number of nitrogens with zero attached hydrogens (tertiary/aromatic N) is 2. The number of nitro groups is 1. The molecule has 1 aromatic carbocycles. The van der Waals surface area contributed by atoms with Gasteiger partial charge in [0, 0.05) is 11.6 Å². The molecule has 0 fully saturated rings. The zero-order chi connectivity index (χ0) is 10.6. The number of non-ortho nitro benzene ring substituents is 1. The highest BCUT2D eigenvalue weighted by atomic mass is 16.6. The Morgan fingerprint density at radius 1 is 1.64 bits per heavy atom. The molecule has 1 rings (SSSR count). The highest BCUT2D eigenvalue weighted by Gasteiger charge is 2.10. The van der Waals surface area contributed by atoms with Gasteiger partial charge in [0.25, 0.3) is 5.69 Å². The summed E-state index contributed by atoms with van der Waals surface area (Å²) in [4.78, 5) is 9.92. The van der Waals surface area contributed by atoms with Gasteiger partial charge >= 0.3 is 0 Å². The van der Waals surface area contributed by atoms with Crippen molar-refractivity contribution in [2.24, 2.45) is 0 Å². The third-order valence-electron chi connectivity index (χ3n) is 1.75. The Bertz CT molecular complexity index is 396. The quantitative estimate of drug-likeness (QED) is 0.539. The maximum Gasteiger partial charge on any atom is 0.273 e. The van der Waals surface area contributed by atoms with Gasteiger partial charge in [-0.25, -0.2) is 0 Å². The molecule has 72 valence electrons. The lowest BCUT2D eigenvalue weighted by Crippen LogP contribution is -1.94. The normalized spacial score (nSPS) is 9.14. The molecule has 5 heteroatoms. The number of methoxy groups -OCH3 is 1. The van der Waals surface area contributed by atoms with Gasteiger partial charge in [0.1, 0.15) is 5.75 Å². The van der Waals surface area contributed by atoms with Crippen LogP contribution in [-0.2, 0) is 6.42 Å². The molecule has 0 aliphatic heterocycles. The summed E-state index contributed by atoms with van der Waals surface area (Å²) in [5, 5.41) is 18.9. The van der Waals surface area contributed by atoms with E-state index in [0.29, 0.717) is 11.3 Å². The van der Waals surface area contributed by atoms with Gasteiger partial charge in [-0.15, -0.1) is 0 Å². The smallest absolute Gasteiger partial charge is 0.273 e. The molecule has 0 atom stereocenters. The molecule has 0 heterocycles. The number of nitro benzene ring substituents is 1. The van der Waals surface area contributed by atoms with E-state index in [1.807, 2.05) is 6.07 Å². The number of rotatable bonds is 3. The van der Waals surface area contributed by atoms with Crippen molar-refractivity contribution >= 4 is 5.69 Å². The molecule has 0 radical (unpaired) electrons. The lowest BCUT2D eigenvalue weighted by atomic mass is 10.1. The Labute approximate surface area is 80.7 Å². The average molecular weight is 192 g/mol. The first kappa shape index (κ1) is 9.99. The van der Waals surface area contributed by atoms with Crippen molar-refractivity contribution in [2.45, 2.75) is 6.42 Å². The summed E-state index contributed by atoms with van der Waals surface area (Å²) in [5.41, 5.74) is 0.615. The van der Waals surface area contributed by atoms with Gasteiger partial charge in [0.2, 0.25) is 0 Å². The number of hydrogen-bond acceptors (Lipinski definition) is 4. The van der Waals surface area contributed by atoms with E-state index < -0.39 is 4.92 Å². The zero-order valence-corrected chi connectivity index (χ0v) is 7.56. The standard InChI is InChI=1S/C9H8N2O3/c1-14-9-6-8(11(12)13)3-2-7(9)4-5-10/h2-3,6H,4H2,1H3. The topological polar surface area (TPSA) is 76.2 Å². The highest BCUT2D eigenvalue weighted by Crippen LogP contribution is 2.24. The number of nitriles is 1. The van der Waals surface area contributed by atoms with Crippen LogP contribution in [0.4, 0.5) is 5.69 Å². The molecule has 0 aliphatic rings. The molecule has 0 aromatic heterocycles. The van der Waals surface area contributed by atoms with Gasteiger partial charge < -0.3 is 4.74 Å². The average Bonchev–Trinajstić information content (AvgIpc) is 2.18.